The topological polar surface area (TPSA) is 34.1 Å². The van der Waals surface area contributed by atoms with E-state index in [0.717, 1.165) is 38.5 Å². The largest absolute Gasteiger partial charge is 0.295 e. The summed E-state index contributed by atoms with van der Waals surface area (Å²) in [6, 6.07) is 0. The van der Waals surface area contributed by atoms with Gasteiger partial charge in [-0.15, -0.1) is 0 Å². The minimum absolute atomic E-state index is 0.255. The molecule has 2 nitrogen and oxygen atoms in total. The lowest BCUT2D eigenvalue weighted by Gasteiger charge is -2.24. The van der Waals surface area contributed by atoms with Crippen LogP contribution in [-0.4, -0.2) is 11.6 Å². The maximum absolute atomic E-state index is 11.5. The fourth-order valence-electron chi connectivity index (χ4n) is 2.89. The van der Waals surface area contributed by atoms with Crippen LogP contribution in [0.15, 0.2) is 24.3 Å². The van der Waals surface area contributed by atoms with Gasteiger partial charge in [0.25, 0.3) is 0 Å². The monoisotopic (exact) mass is 246 g/mol. The molecule has 0 aromatic heterocycles. The van der Waals surface area contributed by atoms with Gasteiger partial charge in [0.2, 0.25) is 0 Å². The van der Waals surface area contributed by atoms with Gasteiger partial charge in [-0.05, 0) is 49.7 Å². The molecule has 0 spiro atoms. The second-order valence-electron chi connectivity index (χ2n) is 5.47. The van der Waals surface area contributed by atoms with E-state index in [2.05, 4.69) is 12.2 Å². The zero-order valence-corrected chi connectivity index (χ0v) is 10.9. The summed E-state index contributed by atoms with van der Waals surface area (Å²) in [4.78, 5) is 23.0. The molecule has 98 valence electrons. The van der Waals surface area contributed by atoms with Gasteiger partial charge >= 0.3 is 0 Å². The van der Waals surface area contributed by atoms with Crippen LogP contribution in [0.5, 0.6) is 0 Å². The summed E-state index contributed by atoms with van der Waals surface area (Å²) < 4.78 is 0. The van der Waals surface area contributed by atoms with E-state index in [0.29, 0.717) is 24.7 Å². The van der Waals surface area contributed by atoms with Crippen molar-refractivity contribution in [3.8, 4) is 0 Å². The van der Waals surface area contributed by atoms with Crippen LogP contribution in [0, 0.1) is 11.8 Å². The van der Waals surface area contributed by atoms with E-state index < -0.39 is 0 Å². The highest BCUT2D eigenvalue weighted by atomic mass is 16.1. The Balaban J connectivity index is 2.07. The summed E-state index contributed by atoms with van der Waals surface area (Å²) in [7, 11) is 0. The smallest absolute Gasteiger partial charge is 0.155 e. The Bertz CT molecular complexity index is 329. The summed E-state index contributed by atoms with van der Waals surface area (Å²) in [5, 5.41) is 0. The van der Waals surface area contributed by atoms with Crippen molar-refractivity contribution in [2.75, 3.05) is 0 Å². The van der Waals surface area contributed by atoms with Crippen molar-refractivity contribution < 1.29 is 9.59 Å². The number of hydrogen-bond donors (Lipinski definition) is 0. The lowest BCUT2D eigenvalue weighted by atomic mass is 9.81. The molecular formula is C16H22O2. The zero-order valence-electron chi connectivity index (χ0n) is 10.9. The highest BCUT2D eigenvalue weighted by Gasteiger charge is 2.19. The van der Waals surface area contributed by atoms with E-state index in [1.807, 2.05) is 0 Å². The Morgan fingerprint density at radius 2 is 1.17 bits per heavy atom. The average molecular weight is 246 g/mol. The Labute approximate surface area is 109 Å². The molecule has 0 bridgehead atoms. The summed E-state index contributed by atoms with van der Waals surface area (Å²) in [6.07, 6.45) is 15.6. The fraction of sp³-hybridized carbons (Fsp3) is 0.625. The number of hydrogen-bond acceptors (Lipinski definition) is 2. The van der Waals surface area contributed by atoms with Crippen LogP contribution in [0.1, 0.15) is 51.4 Å². The van der Waals surface area contributed by atoms with Crippen LogP contribution in [0.25, 0.3) is 0 Å². The molecular weight excluding hydrogens is 224 g/mol. The zero-order chi connectivity index (χ0) is 12.8. The van der Waals surface area contributed by atoms with Gasteiger partial charge in [0.15, 0.2) is 11.6 Å². The van der Waals surface area contributed by atoms with Crippen molar-refractivity contribution in [2.24, 2.45) is 11.8 Å². The van der Waals surface area contributed by atoms with Crippen LogP contribution in [0.4, 0.5) is 0 Å². The molecule has 0 aliphatic heterocycles. The van der Waals surface area contributed by atoms with Crippen LogP contribution in [0.3, 0.4) is 0 Å². The second kappa shape index (κ2) is 6.67. The van der Waals surface area contributed by atoms with E-state index in [9.17, 15) is 9.59 Å². The quantitative estimate of drug-likeness (QED) is 0.708. The highest BCUT2D eigenvalue weighted by Crippen LogP contribution is 2.29. The first kappa shape index (κ1) is 13.3. The molecule has 0 aromatic rings. The number of allylic oxidation sites excluding steroid dienone is 4. The number of carbonyl (C=O) groups excluding carboxylic acids is 2. The van der Waals surface area contributed by atoms with Crippen molar-refractivity contribution in [1.29, 1.82) is 0 Å². The van der Waals surface area contributed by atoms with E-state index in [1.165, 1.54) is 0 Å². The van der Waals surface area contributed by atoms with E-state index in [4.69, 9.17) is 0 Å². The third kappa shape index (κ3) is 3.94. The minimum atomic E-state index is 0.255. The highest BCUT2D eigenvalue weighted by molar-refractivity contribution is 5.90. The lowest BCUT2D eigenvalue weighted by Crippen LogP contribution is -2.15. The molecule has 0 saturated heterocycles. The third-order valence-corrected chi connectivity index (χ3v) is 4.03. The Hall–Kier alpha value is -1.18. The molecule has 0 amide bonds. The van der Waals surface area contributed by atoms with Crippen molar-refractivity contribution in [1.82, 2.24) is 0 Å². The normalized spacial score (nSPS) is 34.0. The average Bonchev–Trinajstić information content (AvgIpc) is 2.31. The molecule has 2 rings (SSSR count). The maximum Gasteiger partial charge on any atom is 0.155 e. The molecule has 0 heterocycles. The SMILES string of the molecule is O=C1/C=C\[C@@H]([C@H]2/C=C\C(=O)CCCC2)CCCC1. The predicted octanol–water partition coefficient (Wildman–Crippen LogP) is 3.62. The summed E-state index contributed by atoms with van der Waals surface area (Å²) in [6.45, 7) is 0. The maximum atomic E-state index is 11.5. The first-order valence-electron chi connectivity index (χ1n) is 7.18. The summed E-state index contributed by atoms with van der Waals surface area (Å²) in [5.74, 6) is 1.39. The third-order valence-electron chi connectivity index (χ3n) is 4.03. The Morgan fingerprint density at radius 1 is 0.722 bits per heavy atom. The van der Waals surface area contributed by atoms with Crippen molar-refractivity contribution in [3.63, 3.8) is 0 Å². The molecule has 0 fully saturated rings. The molecule has 2 aliphatic carbocycles. The van der Waals surface area contributed by atoms with Gasteiger partial charge < -0.3 is 0 Å². The first-order valence-corrected chi connectivity index (χ1v) is 7.18. The molecule has 2 atom stereocenters. The number of carbonyl (C=O) groups is 2. The Kier molecular flexibility index (Phi) is 4.91. The molecule has 0 aromatic carbocycles. The van der Waals surface area contributed by atoms with Gasteiger partial charge in [-0.25, -0.2) is 0 Å². The van der Waals surface area contributed by atoms with Gasteiger partial charge in [0.05, 0.1) is 0 Å². The molecule has 0 unspecified atom stereocenters. The van der Waals surface area contributed by atoms with Crippen LogP contribution < -0.4 is 0 Å². The van der Waals surface area contributed by atoms with E-state index >= 15 is 0 Å². The van der Waals surface area contributed by atoms with Crippen LogP contribution in [-0.2, 0) is 9.59 Å². The van der Waals surface area contributed by atoms with Gasteiger partial charge in [0, 0.05) is 12.8 Å². The summed E-state index contributed by atoms with van der Waals surface area (Å²) in [5.41, 5.74) is 0. The molecule has 2 heteroatoms. The molecule has 0 N–H and O–H groups in total. The van der Waals surface area contributed by atoms with Gasteiger partial charge in [-0.3, -0.25) is 9.59 Å². The second-order valence-corrected chi connectivity index (χ2v) is 5.47. The molecule has 18 heavy (non-hydrogen) atoms. The van der Waals surface area contributed by atoms with Crippen LogP contribution in [0.2, 0.25) is 0 Å². The van der Waals surface area contributed by atoms with Crippen molar-refractivity contribution in [2.45, 2.75) is 51.4 Å². The summed E-state index contributed by atoms with van der Waals surface area (Å²) >= 11 is 0. The van der Waals surface area contributed by atoms with E-state index in [1.54, 1.807) is 12.2 Å². The van der Waals surface area contributed by atoms with E-state index in [-0.39, 0.29) is 11.6 Å². The number of rotatable bonds is 1. The molecule has 2 aliphatic rings. The number of ketones is 2. The van der Waals surface area contributed by atoms with Gasteiger partial charge in [-0.2, -0.15) is 0 Å². The lowest BCUT2D eigenvalue weighted by molar-refractivity contribution is -0.115. The minimum Gasteiger partial charge on any atom is -0.295 e. The van der Waals surface area contributed by atoms with Gasteiger partial charge in [-0.1, -0.05) is 25.0 Å². The van der Waals surface area contributed by atoms with Crippen molar-refractivity contribution in [3.05, 3.63) is 24.3 Å². The Morgan fingerprint density at radius 3 is 1.61 bits per heavy atom. The van der Waals surface area contributed by atoms with Crippen molar-refractivity contribution >= 4 is 11.6 Å². The van der Waals surface area contributed by atoms with Gasteiger partial charge in [0.1, 0.15) is 0 Å². The molecule has 0 saturated carbocycles. The first-order chi connectivity index (χ1) is 8.75. The van der Waals surface area contributed by atoms with Crippen LogP contribution >= 0.6 is 0 Å². The predicted molar refractivity (Wildman–Crippen MR) is 72.2 cm³/mol. The fourth-order valence-corrected chi connectivity index (χ4v) is 2.89. The standard InChI is InChI=1S/C16H22O2/c17-15-7-3-1-5-13(9-11-15)14-6-2-4-8-16(18)12-10-14/h9-14H,1-8H2/b11-9-,12-10-/t13-,14+. The molecule has 0 radical (unpaired) electrons.